The third-order valence-electron chi connectivity index (χ3n) is 12.2. The Balaban J connectivity index is 1.10. The van der Waals surface area contributed by atoms with Crippen LogP contribution in [0.25, 0.3) is 10.8 Å². The van der Waals surface area contributed by atoms with Crippen molar-refractivity contribution in [2.24, 2.45) is 11.3 Å². The number of rotatable bonds is 5. The molecule has 4 aliphatic carbocycles. The molecule has 2 aliphatic heterocycles. The summed E-state index contributed by atoms with van der Waals surface area (Å²) in [4.78, 5) is 17.6. The van der Waals surface area contributed by atoms with Crippen LogP contribution in [0.3, 0.4) is 0 Å². The van der Waals surface area contributed by atoms with E-state index in [0.717, 1.165) is 43.0 Å². The summed E-state index contributed by atoms with van der Waals surface area (Å²) in [5, 5.41) is 15.8. The Morgan fingerprint density at radius 3 is 2.36 bits per heavy atom. The van der Waals surface area contributed by atoms with Crippen molar-refractivity contribution in [1.82, 2.24) is 4.90 Å². The molecular weight excluding hydrogens is 546 g/mol. The number of aliphatic hydroxyl groups is 1. The van der Waals surface area contributed by atoms with Crippen molar-refractivity contribution in [3.8, 4) is 11.5 Å². The van der Waals surface area contributed by atoms with E-state index in [2.05, 4.69) is 59.5 Å². The van der Waals surface area contributed by atoms with E-state index in [0.29, 0.717) is 37.4 Å². The first-order valence-corrected chi connectivity index (χ1v) is 16.5. The molecule has 4 aromatic carbocycles. The van der Waals surface area contributed by atoms with Gasteiger partial charge in [0.05, 0.1) is 11.0 Å². The maximum atomic E-state index is 15.0. The van der Waals surface area contributed by atoms with Crippen molar-refractivity contribution in [2.75, 3.05) is 13.1 Å². The fraction of sp³-hybridized carbons (Fsp3) is 0.410. The van der Waals surface area contributed by atoms with Gasteiger partial charge in [-0.05, 0) is 96.5 Å². The van der Waals surface area contributed by atoms with E-state index in [1.54, 1.807) is 0 Å². The molecule has 2 saturated carbocycles. The molecule has 2 heterocycles. The van der Waals surface area contributed by atoms with Gasteiger partial charge in [-0.15, -0.1) is 0 Å². The van der Waals surface area contributed by atoms with Gasteiger partial charge in [-0.3, -0.25) is 9.69 Å². The van der Waals surface area contributed by atoms with E-state index < -0.39 is 22.5 Å². The van der Waals surface area contributed by atoms with Crippen molar-refractivity contribution in [3.63, 3.8) is 0 Å². The second kappa shape index (κ2) is 8.74. The van der Waals surface area contributed by atoms with Crippen LogP contribution < -0.4 is 9.47 Å². The first-order chi connectivity index (χ1) is 21.5. The van der Waals surface area contributed by atoms with Crippen LogP contribution in [0.2, 0.25) is 0 Å². The number of piperidine rings is 1. The quantitative estimate of drug-likeness (QED) is 0.315. The summed E-state index contributed by atoms with van der Waals surface area (Å²) in [5.74, 6) is 2.29. The van der Waals surface area contributed by atoms with Crippen molar-refractivity contribution in [3.05, 3.63) is 107 Å². The van der Waals surface area contributed by atoms with Crippen LogP contribution in [0.15, 0.2) is 78.9 Å². The molecule has 2 spiro atoms. The predicted molar refractivity (Wildman–Crippen MR) is 168 cm³/mol. The summed E-state index contributed by atoms with van der Waals surface area (Å²) < 4.78 is 13.3. The molecule has 0 radical (unpaired) electrons. The highest BCUT2D eigenvalue weighted by Gasteiger charge is 2.77. The van der Waals surface area contributed by atoms with Crippen molar-refractivity contribution < 1.29 is 19.4 Å². The molecule has 6 aliphatic rings. The fourth-order valence-electron chi connectivity index (χ4n) is 10.1. The lowest BCUT2D eigenvalue weighted by Crippen LogP contribution is -2.79. The Labute approximate surface area is 257 Å². The second-order valence-corrected chi connectivity index (χ2v) is 14.6. The van der Waals surface area contributed by atoms with E-state index in [1.165, 1.54) is 40.3 Å². The highest BCUT2D eigenvalue weighted by molar-refractivity contribution is 5.96. The van der Waals surface area contributed by atoms with Gasteiger partial charge in [-0.1, -0.05) is 72.8 Å². The lowest BCUT2D eigenvalue weighted by Gasteiger charge is -2.65. The third-order valence-corrected chi connectivity index (χ3v) is 12.2. The van der Waals surface area contributed by atoms with E-state index in [9.17, 15) is 5.11 Å². The number of benzene rings is 4. The zero-order valence-corrected chi connectivity index (χ0v) is 24.9. The maximum Gasteiger partial charge on any atom is 0.181 e. The molecule has 2 bridgehead atoms. The van der Waals surface area contributed by atoms with Gasteiger partial charge in [0.25, 0.3) is 0 Å². The van der Waals surface area contributed by atoms with Crippen molar-refractivity contribution in [2.45, 2.75) is 74.7 Å². The Morgan fingerprint density at radius 2 is 1.64 bits per heavy atom. The molecule has 10 rings (SSSR count). The van der Waals surface area contributed by atoms with Gasteiger partial charge in [0, 0.05) is 23.6 Å². The van der Waals surface area contributed by atoms with Gasteiger partial charge < -0.3 is 14.6 Å². The number of ether oxygens (including phenoxy) is 2. The minimum atomic E-state index is -1.06. The number of carbonyl (C=O) groups is 1. The highest BCUT2D eigenvalue weighted by Crippen LogP contribution is 2.68. The van der Waals surface area contributed by atoms with Gasteiger partial charge in [0.2, 0.25) is 0 Å². The van der Waals surface area contributed by atoms with E-state index in [-0.39, 0.29) is 11.8 Å². The molecule has 0 amide bonds. The molecule has 222 valence electrons. The summed E-state index contributed by atoms with van der Waals surface area (Å²) in [6.07, 6.45) is 5.20. The van der Waals surface area contributed by atoms with Crippen LogP contribution in [-0.4, -0.2) is 46.6 Å². The second-order valence-electron chi connectivity index (χ2n) is 14.6. The molecular formula is C39H37NO4. The molecule has 44 heavy (non-hydrogen) atoms. The molecule has 4 aromatic rings. The van der Waals surface area contributed by atoms with Gasteiger partial charge in [0.1, 0.15) is 6.61 Å². The zero-order chi connectivity index (χ0) is 29.3. The number of nitrogens with zero attached hydrogens (tertiary/aromatic N) is 1. The average Bonchev–Trinajstić information content (AvgIpc) is 3.67. The van der Waals surface area contributed by atoms with Crippen molar-refractivity contribution >= 4 is 16.6 Å². The minimum Gasteiger partial charge on any atom is -0.485 e. The third kappa shape index (κ3) is 3.29. The monoisotopic (exact) mass is 583 g/mol. The molecule has 1 N–H and O–H groups in total. The summed E-state index contributed by atoms with van der Waals surface area (Å²) >= 11 is 0. The maximum absolute atomic E-state index is 15.0. The lowest BCUT2D eigenvalue weighted by atomic mass is 9.44. The van der Waals surface area contributed by atoms with Gasteiger partial charge in [-0.25, -0.2) is 0 Å². The number of hydrogen-bond acceptors (Lipinski definition) is 5. The average molecular weight is 584 g/mol. The zero-order valence-electron chi connectivity index (χ0n) is 24.9. The SMILES string of the molecule is O=C1[C@@H]2Oc3c(OCc4ccccc4)ccc4c3[C@@]23CCN(CC2CC2)[C@H](C4)[C@]3(O)CC12Cc1cc3ccccc3cc1C2. The Hall–Kier alpha value is -3.67. The van der Waals surface area contributed by atoms with Crippen LogP contribution in [0.4, 0.5) is 0 Å². The standard InChI is InChI=1S/C39H37NO4/c41-35-36-38-14-15-40(21-24-10-11-24)32(18-28-12-13-31(34(44-36)33(28)38)43-22-25-6-2-1-3-7-25)39(38,42)23-37(35)19-29-16-26-8-4-5-9-27(26)17-30(29)20-37/h1-9,12-13,16-17,24,32,36,42H,10-11,14-15,18-23H2/t32-,36+,38+,39-/m1/s1. The largest absolute Gasteiger partial charge is 0.485 e. The van der Waals surface area contributed by atoms with Gasteiger partial charge >= 0.3 is 0 Å². The predicted octanol–water partition coefficient (Wildman–Crippen LogP) is 5.95. The highest BCUT2D eigenvalue weighted by atomic mass is 16.5. The summed E-state index contributed by atoms with van der Waals surface area (Å²) in [6, 6.07) is 27.4. The summed E-state index contributed by atoms with van der Waals surface area (Å²) in [6.45, 7) is 2.36. The van der Waals surface area contributed by atoms with E-state index >= 15 is 4.79 Å². The van der Waals surface area contributed by atoms with E-state index in [1.807, 2.05) is 24.3 Å². The summed E-state index contributed by atoms with van der Waals surface area (Å²) in [5.41, 5.74) is 3.38. The van der Waals surface area contributed by atoms with Crippen LogP contribution in [0.1, 0.15) is 53.5 Å². The Kier molecular flexibility index (Phi) is 5.09. The van der Waals surface area contributed by atoms with E-state index in [4.69, 9.17) is 9.47 Å². The molecule has 0 unspecified atom stereocenters. The first kappa shape index (κ1) is 25.6. The van der Waals surface area contributed by atoms with Crippen LogP contribution in [-0.2, 0) is 36.1 Å². The number of fused-ring (bicyclic) bond motifs is 2. The number of carbonyl (C=O) groups excluding carboxylic acids is 1. The van der Waals surface area contributed by atoms with Gasteiger partial charge in [-0.2, -0.15) is 0 Å². The molecule has 5 nitrogen and oxygen atoms in total. The van der Waals surface area contributed by atoms with Crippen LogP contribution in [0, 0.1) is 11.3 Å². The van der Waals surface area contributed by atoms with Crippen molar-refractivity contribution in [1.29, 1.82) is 0 Å². The normalized spacial score (nSPS) is 30.7. The Bertz CT molecular complexity index is 1820. The molecule has 1 saturated heterocycles. The molecule has 0 aromatic heterocycles. The molecule has 5 heteroatoms. The minimum absolute atomic E-state index is 0.0229. The smallest absolute Gasteiger partial charge is 0.181 e. The first-order valence-electron chi connectivity index (χ1n) is 16.5. The van der Waals surface area contributed by atoms with Gasteiger partial charge in [0.15, 0.2) is 23.4 Å². The van der Waals surface area contributed by atoms with Crippen LogP contribution in [0.5, 0.6) is 11.5 Å². The van der Waals surface area contributed by atoms with Crippen LogP contribution >= 0.6 is 0 Å². The fourth-order valence-corrected chi connectivity index (χ4v) is 10.1. The molecule has 4 atom stereocenters. The number of hydrogen-bond donors (Lipinski definition) is 1. The summed E-state index contributed by atoms with van der Waals surface area (Å²) in [7, 11) is 0. The number of Topliss-reactive ketones (excluding diaryl/α,β-unsaturated/α-hetero) is 1. The number of likely N-dealkylation sites (tertiary alicyclic amines) is 1. The number of ketones is 1. The topological polar surface area (TPSA) is 59.0 Å². The molecule has 3 fully saturated rings. The Morgan fingerprint density at radius 1 is 0.909 bits per heavy atom. The lowest BCUT2D eigenvalue weighted by molar-refractivity contribution is -0.209.